The SMILES string of the molecule is Cc1ccc2nccc(NC(C)C(=O)N3CCCCC3C)c2c1. The molecule has 1 aliphatic rings. The predicted molar refractivity (Wildman–Crippen MR) is 94.6 cm³/mol. The highest BCUT2D eigenvalue weighted by molar-refractivity contribution is 5.94. The highest BCUT2D eigenvalue weighted by Gasteiger charge is 2.27. The first kappa shape index (κ1) is 15.8. The van der Waals surface area contributed by atoms with Gasteiger partial charge in [0.1, 0.15) is 6.04 Å². The number of pyridine rings is 1. The van der Waals surface area contributed by atoms with Gasteiger partial charge in [-0.25, -0.2) is 0 Å². The Kier molecular flexibility index (Phi) is 4.51. The molecule has 0 spiro atoms. The van der Waals surface area contributed by atoms with E-state index in [1.807, 2.05) is 24.0 Å². The molecule has 1 saturated heterocycles. The summed E-state index contributed by atoms with van der Waals surface area (Å²) in [6.45, 7) is 7.04. The second-order valence-corrected chi connectivity index (χ2v) is 6.62. The maximum atomic E-state index is 12.8. The molecule has 0 saturated carbocycles. The zero-order chi connectivity index (χ0) is 16.4. The molecule has 1 aromatic carbocycles. The number of nitrogens with one attached hydrogen (secondary N) is 1. The molecule has 0 aliphatic carbocycles. The average molecular weight is 311 g/mol. The van der Waals surface area contributed by atoms with Gasteiger partial charge in [-0.2, -0.15) is 0 Å². The molecule has 1 aromatic heterocycles. The molecule has 2 unspecified atom stereocenters. The van der Waals surface area contributed by atoms with Crippen LogP contribution in [0.2, 0.25) is 0 Å². The molecule has 1 N–H and O–H groups in total. The van der Waals surface area contributed by atoms with Gasteiger partial charge in [0.05, 0.1) is 5.52 Å². The minimum atomic E-state index is -0.235. The smallest absolute Gasteiger partial charge is 0.245 e. The molecule has 4 nitrogen and oxygen atoms in total. The number of hydrogen-bond acceptors (Lipinski definition) is 3. The second kappa shape index (κ2) is 6.57. The number of piperidine rings is 1. The number of fused-ring (bicyclic) bond motifs is 1. The van der Waals surface area contributed by atoms with Gasteiger partial charge in [0, 0.05) is 29.9 Å². The summed E-state index contributed by atoms with van der Waals surface area (Å²) in [5.74, 6) is 0.190. The highest BCUT2D eigenvalue weighted by Crippen LogP contribution is 2.24. The number of likely N-dealkylation sites (tertiary alicyclic amines) is 1. The summed E-state index contributed by atoms with van der Waals surface area (Å²) in [6.07, 6.45) is 5.23. The topological polar surface area (TPSA) is 45.2 Å². The molecule has 4 heteroatoms. The van der Waals surface area contributed by atoms with Gasteiger partial charge in [-0.15, -0.1) is 0 Å². The molecule has 1 aliphatic heterocycles. The van der Waals surface area contributed by atoms with E-state index >= 15 is 0 Å². The standard InChI is InChI=1S/C19H25N3O/c1-13-7-8-17-16(12-13)18(9-10-20-17)21-15(3)19(23)22-11-5-4-6-14(22)2/h7-10,12,14-15H,4-6,11H2,1-3H3,(H,20,21). The van der Waals surface area contributed by atoms with Crippen LogP contribution in [0.3, 0.4) is 0 Å². The van der Waals surface area contributed by atoms with Crippen LogP contribution in [-0.4, -0.2) is 34.4 Å². The summed E-state index contributed by atoms with van der Waals surface area (Å²) < 4.78 is 0. The van der Waals surface area contributed by atoms with Gasteiger partial charge < -0.3 is 10.2 Å². The Hall–Kier alpha value is -2.10. The molecule has 0 bridgehead atoms. The first-order chi connectivity index (χ1) is 11.1. The van der Waals surface area contributed by atoms with E-state index in [2.05, 4.69) is 36.3 Å². The van der Waals surface area contributed by atoms with Crippen molar-refractivity contribution in [1.82, 2.24) is 9.88 Å². The van der Waals surface area contributed by atoms with Crippen LogP contribution in [0, 0.1) is 6.92 Å². The first-order valence-electron chi connectivity index (χ1n) is 8.48. The van der Waals surface area contributed by atoms with Crippen LogP contribution in [0.5, 0.6) is 0 Å². The van der Waals surface area contributed by atoms with Gasteiger partial charge in [0.15, 0.2) is 0 Å². The van der Waals surface area contributed by atoms with Crippen LogP contribution in [0.25, 0.3) is 10.9 Å². The molecule has 2 heterocycles. The number of benzene rings is 1. The van der Waals surface area contributed by atoms with Gasteiger partial charge in [-0.3, -0.25) is 9.78 Å². The normalized spacial score (nSPS) is 19.6. The summed E-state index contributed by atoms with van der Waals surface area (Å²) in [4.78, 5) is 19.2. The van der Waals surface area contributed by atoms with Crippen molar-refractivity contribution in [3.63, 3.8) is 0 Å². The summed E-state index contributed by atoms with van der Waals surface area (Å²) in [5, 5.41) is 4.47. The minimum absolute atomic E-state index is 0.190. The van der Waals surface area contributed by atoms with Crippen LogP contribution in [0.15, 0.2) is 30.5 Å². The molecule has 2 aromatic rings. The summed E-state index contributed by atoms with van der Waals surface area (Å²) >= 11 is 0. The zero-order valence-corrected chi connectivity index (χ0v) is 14.2. The van der Waals surface area contributed by atoms with E-state index in [1.54, 1.807) is 6.20 Å². The molecule has 2 atom stereocenters. The number of rotatable bonds is 3. The van der Waals surface area contributed by atoms with Crippen molar-refractivity contribution in [2.75, 3.05) is 11.9 Å². The van der Waals surface area contributed by atoms with Crippen molar-refractivity contribution in [1.29, 1.82) is 0 Å². The predicted octanol–water partition coefficient (Wildman–Crippen LogP) is 3.74. The number of carbonyl (C=O) groups is 1. The van der Waals surface area contributed by atoms with E-state index in [0.717, 1.165) is 36.0 Å². The fourth-order valence-corrected chi connectivity index (χ4v) is 3.36. The quantitative estimate of drug-likeness (QED) is 0.939. The first-order valence-corrected chi connectivity index (χ1v) is 8.48. The van der Waals surface area contributed by atoms with Crippen LogP contribution in [0.1, 0.15) is 38.7 Å². The van der Waals surface area contributed by atoms with Crippen molar-refractivity contribution in [3.05, 3.63) is 36.0 Å². The third-order valence-electron chi connectivity index (χ3n) is 4.73. The van der Waals surface area contributed by atoms with Gasteiger partial charge in [-0.1, -0.05) is 11.6 Å². The van der Waals surface area contributed by atoms with E-state index in [0.29, 0.717) is 6.04 Å². The van der Waals surface area contributed by atoms with Crippen molar-refractivity contribution >= 4 is 22.5 Å². The fraction of sp³-hybridized carbons (Fsp3) is 0.474. The van der Waals surface area contributed by atoms with Crippen molar-refractivity contribution in [2.45, 2.75) is 52.1 Å². The van der Waals surface area contributed by atoms with E-state index in [9.17, 15) is 4.79 Å². The number of nitrogens with zero attached hydrogens (tertiary/aromatic N) is 2. The third-order valence-corrected chi connectivity index (χ3v) is 4.73. The van der Waals surface area contributed by atoms with Gasteiger partial charge in [-0.05, 0) is 58.2 Å². The Labute approximate surface area is 137 Å². The number of anilines is 1. The van der Waals surface area contributed by atoms with E-state index in [1.165, 1.54) is 12.0 Å². The lowest BCUT2D eigenvalue weighted by atomic mass is 10.0. The monoisotopic (exact) mass is 311 g/mol. The molecule has 1 amide bonds. The summed E-state index contributed by atoms with van der Waals surface area (Å²) in [5.41, 5.74) is 3.12. The molecule has 0 radical (unpaired) electrons. The third kappa shape index (κ3) is 3.31. The van der Waals surface area contributed by atoms with Crippen LogP contribution in [-0.2, 0) is 4.79 Å². The van der Waals surface area contributed by atoms with Gasteiger partial charge in [0.2, 0.25) is 5.91 Å². The summed E-state index contributed by atoms with van der Waals surface area (Å²) in [6, 6.07) is 8.26. The number of aromatic nitrogens is 1. The zero-order valence-electron chi connectivity index (χ0n) is 14.2. The van der Waals surface area contributed by atoms with Crippen LogP contribution >= 0.6 is 0 Å². The molecular weight excluding hydrogens is 286 g/mol. The average Bonchev–Trinajstić information content (AvgIpc) is 2.55. The van der Waals surface area contributed by atoms with Crippen molar-refractivity contribution in [3.8, 4) is 0 Å². The second-order valence-electron chi connectivity index (χ2n) is 6.62. The lowest BCUT2D eigenvalue weighted by molar-refractivity contribution is -0.134. The Morgan fingerprint density at radius 3 is 2.96 bits per heavy atom. The number of aryl methyl sites for hydroxylation is 1. The number of hydrogen-bond donors (Lipinski definition) is 1. The fourth-order valence-electron chi connectivity index (χ4n) is 3.36. The maximum Gasteiger partial charge on any atom is 0.245 e. The molecule has 3 rings (SSSR count). The molecular formula is C19H25N3O. The minimum Gasteiger partial charge on any atom is -0.373 e. The Morgan fingerprint density at radius 2 is 2.17 bits per heavy atom. The number of carbonyl (C=O) groups excluding carboxylic acids is 1. The molecule has 23 heavy (non-hydrogen) atoms. The highest BCUT2D eigenvalue weighted by atomic mass is 16.2. The van der Waals surface area contributed by atoms with Crippen molar-refractivity contribution in [2.24, 2.45) is 0 Å². The maximum absolute atomic E-state index is 12.8. The summed E-state index contributed by atoms with van der Waals surface area (Å²) in [7, 11) is 0. The molecule has 122 valence electrons. The Balaban J connectivity index is 1.81. The lowest BCUT2D eigenvalue weighted by Crippen LogP contribution is -2.48. The van der Waals surface area contributed by atoms with Gasteiger partial charge >= 0.3 is 0 Å². The van der Waals surface area contributed by atoms with Crippen LogP contribution in [0.4, 0.5) is 5.69 Å². The van der Waals surface area contributed by atoms with E-state index in [-0.39, 0.29) is 11.9 Å². The van der Waals surface area contributed by atoms with Gasteiger partial charge in [0.25, 0.3) is 0 Å². The van der Waals surface area contributed by atoms with Crippen LogP contribution < -0.4 is 5.32 Å². The van der Waals surface area contributed by atoms with Crippen molar-refractivity contribution < 1.29 is 4.79 Å². The Bertz CT molecular complexity index is 713. The lowest BCUT2D eigenvalue weighted by Gasteiger charge is -2.35. The molecule has 1 fully saturated rings. The Morgan fingerprint density at radius 1 is 1.35 bits per heavy atom. The van der Waals surface area contributed by atoms with E-state index < -0.39 is 0 Å². The number of amides is 1. The van der Waals surface area contributed by atoms with E-state index in [4.69, 9.17) is 0 Å². The largest absolute Gasteiger partial charge is 0.373 e.